The molecule has 0 unspecified atom stereocenters. The van der Waals surface area contributed by atoms with E-state index in [-0.39, 0.29) is 35.2 Å². The maximum Gasteiger partial charge on any atom is 0.280 e. The molecule has 2 heterocycles. The van der Waals surface area contributed by atoms with Gasteiger partial charge in [-0.05, 0) is 44.5 Å². The first-order chi connectivity index (χ1) is 12.8. The Hall–Kier alpha value is -1.80. The third-order valence-electron chi connectivity index (χ3n) is 5.88. The first kappa shape index (κ1) is 19.9. The lowest BCUT2D eigenvalue weighted by Gasteiger charge is -2.38. The van der Waals surface area contributed by atoms with E-state index in [1.54, 1.807) is 17.0 Å². The fourth-order valence-electron chi connectivity index (χ4n) is 4.19. The van der Waals surface area contributed by atoms with Gasteiger partial charge < -0.3 is 19.8 Å². The lowest BCUT2D eigenvalue weighted by atomic mass is 10.1. The van der Waals surface area contributed by atoms with Gasteiger partial charge in [0.1, 0.15) is 5.75 Å². The molecule has 2 aliphatic heterocycles. The first-order valence-corrected chi connectivity index (χ1v) is 11.5. The number of hydrogen-bond donors (Lipinski definition) is 2. The van der Waals surface area contributed by atoms with Gasteiger partial charge in [-0.15, -0.1) is 0 Å². The lowest BCUT2D eigenvalue weighted by Crippen LogP contribution is -3.19. The monoisotopic (exact) mass is 396 g/mol. The van der Waals surface area contributed by atoms with Crippen molar-refractivity contribution in [3.05, 3.63) is 24.3 Å². The number of rotatable bonds is 5. The summed E-state index contributed by atoms with van der Waals surface area (Å²) in [5.74, 6) is 0.612. The number of benzene rings is 1. The molecule has 2 fully saturated rings. The van der Waals surface area contributed by atoms with E-state index in [9.17, 15) is 18.3 Å². The number of nitrogens with one attached hydrogen (secondary N) is 1. The van der Waals surface area contributed by atoms with Crippen LogP contribution in [-0.2, 0) is 14.6 Å². The number of amides is 1. The summed E-state index contributed by atoms with van der Waals surface area (Å²) in [6, 6.07) is 6.86. The normalized spacial score (nSPS) is 23.9. The second-order valence-electron chi connectivity index (χ2n) is 7.56. The van der Waals surface area contributed by atoms with Crippen LogP contribution >= 0.6 is 0 Å². The number of likely N-dealkylation sites (N-methyl/N-ethyl adjacent to an activating group) is 1. The molecule has 2 atom stereocenters. The standard InChI is InChI=1S/C19H29N3O4S/c1-3-22(17-8-13-27(25,26)14-17)19(24)15(2)20-9-11-21(12-10-20)16-4-6-18(23)7-5-16/h4-7,15,17,23H,3,8-14H2,1-2H3/p+1/t15-,17+/m1/s1. The van der Waals surface area contributed by atoms with Crippen LogP contribution < -0.4 is 9.80 Å². The van der Waals surface area contributed by atoms with Gasteiger partial charge in [-0.25, -0.2) is 8.42 Å². The van der Waals surface area contributed by atoms with E-state index in [4.69, 9.17) is 0 Å². The van der Waals surface area contributed by atoms with Crippen LogP contribution in [0, 0.1) is 0 Å². The molecule has 2 N–H and O–H groups in total. The molecule has 150 valence electrons. The van der Waals surface area contributed by atoms with Crippen molar-refractivity contribution in [1.82, 2.24) is 4.90 Å². The summed E-state index contributed by atoms with van der Waals surface area (Å²) in [6.45, 7) is 7.84. The molecule has 8 heteroatoms. The highest BCUT2D eigenvalue weighted by Gasteiger charge is 2.38. The molecular weight excluding hydrogens is 366 g/mol. The fourth-order valence-corrected chi connectivity index (χ4v) is 5.92. The Kier molecular flexibility index (Phi) is 5.95. The molecule has 1 aromatic rings. The number of carbonyl (C=O) groups excluding carboxylic acids is 1. The summed E-state index contributed by atoms with van der Waals surface area (Å²) in [4.78, 5) is 18.3. The van der Waals surface area contributed by atoms with Crippen LogP contribution in [0.4, 0.5) is 5.69 Å². The summed E-state index contributed by atoms with van der Waals surface area (Å²) in [5.41, 5.74) is 1.08. The summed E-state index contributed by atoms with van der Waals surface area (Å²) in [5, 5.41) is 9.43. The van der Waals surface area contributed by atoms with E-state index >= 15 is 0 Å². The van der Waals surface area contributed by atoms with Crippen LogP contribution in [0.1, 0.15) is 20.3 Å². The molecule has 0 saturated carbocycles. The summed E-state index contributed by atoms with van der Waals surface area (Å²) in [6.07, 6.45) is 0.554. The molecule has 0 bridgehead atoms. The molecule has 1 aromatic carbocycles. The minimum absolute atomic E-state index is 0.0627. The predicted molar refractivity (Wildman–Crippen MR) is 105 cm³/mol. The molecule has 27 heavy (non-hydrogen) atoms. The van der Waals surface area contributed by atoms with Gasteiger partial charge in [0.25, 0.3) is 5.91 Å². The van der Waals surface area contributed by atoms with Gasteiger partial charge in [-0.2, -0.15) is 0 Å². The van der Waals surface area contributed by atoms with Crippen molar-refractivity contribution in [3.63, 3.8) is 0 Å². The van der Waals surface area contributed by atoms with E-state index in [2.05, 4.69) is 4.90 Å². The SMILES string of the molecule is CCN(C(=O)[C@@H](C)[NH+]1CCN(c2ccc(O)cc2)CC1)[C@H]1CCS(=O)(=O)C1. The minimum Gasteiger partial charge on any atom is -0.508 e. The number of anilines is 1. The largest absolute Gasteiger partial charge is 0.508 e. The smallest absolute Gasteiger partial charge is 0.280 e. The lowest BCUT2D eigenvalue weighted by molar-refractivity contribution is -0.915. The summed E-state index contributed by atoms with van der Waals surface area (Å²) in [7, 11) is -3.00. The maximum atomic E-state index is 13.0. The molecule has 2 aliphatic rings. The molecule has 1 amide bonds. The number of phenolic OH excluding ortho intramolecular Hbond substituents is 1. The topological polar surface area (TPSA) is 82.4 Å². The zero-order valence-corrected chi connectivity index (χ0v) is 16.9. The number of piperazine rings is 1. The highest BCUT2D eigenvalue weighted by molar-refractivity contribution is 7.91. The minimum atomic E-state index is -3.00. The zero-order valence-electron chi connectivity index (χ0n) is 16.1. The first-order valence-electron chi connectivity index (χ1n) is 9.70. The van der Waals surface area contributed by atoms with E-state index in [0.717, 1.165) is 31.9 Å². The molecule has 0 aromatic heterocycles. The number of aromatic hydroxyl groups is 1. The van der Waals surface area contributed by atoms with Crippen molar-refractivity contribution in [2.24, 2.45) is 0 Å². The van der Waals surface area contributed by atoms with Gasteiger partial charge in [-0.1, -0.05) is 0 Å². The highest BCUT2D eigenvalue weighted by Crippen LogP contribution is 2.19. The predicted octanol–water partition coefficient (Wildman–Crippen LogP) is -0.479. The average molecular weight is 397 g/mol. The van der Waals surface area contributed by atoms with Crippen LogP contribution in [-0.4, -0.2) is 80.6 Å². The Morgan fingerprint density at radius 1 is 1.30 bits per heavy atom. The molecule has 3 rings (SSSR count). The van der Waals surface area contributed by atoms with Crippen molar-refractivity contribution < 1.29 is 23.2 Å². The number of hydrogen-bond acceptors (Lipinski definition) is 5. The van der Waals surface area contributed by atoms with Crippen LogP contribution in [0.5, 0.6) is 5.75 Å². The Morgan fingerprint density at radius 3 is 2.44 bits per heavy atom. The number of phenols is 1. The average Bonchev–Trinajstić information content (AvgIpc) is 3.02. The molecule has 0 aliphatic carbocycles. The molecular formula is C19H30N3O4S+. The Balaban J connectivity index is 1.58. The van der Waals surface area contributed by atoms with E-state index in [1.807, 2.05) is 26.0 Å². The van der Waals surface area contributed by atoms with Gasteiger partial charge in [0.2, 0.25) is 0 Å². The van der Waals surface area contributed by atoms with Crippen LogP contribution in [0.2, 0.25) is 0 Å². The van der Waals surface area contributed by atoms with Crippen molar-refractivity contribution in [3.8, 4) is 5.75 Å². The molecule has 0 radical (unpaired) electrons. The Morgan fingerprint density at radius 2 is 1.93 bits per heavy atom. The summed E-state index contributed by atoms with van der Waals surface area (Å²) >= 11 is 0. The Bertz CT molecular complexity index is 758. The number of nitrogens with zero attached hydrogens (tertiary/aromatic N) is 2. The number of quaternary nitrogens is 1. The van der Waals surface area contributed by atoms with E-state index in [1.165, 1.54) is 4.90 Å². The molecule has 7 nitrogen and oxygen atoms in total. The fraction of sp³-hybridized carbons (Fsp3) is 0.632. The Labute approximate surface area is 161 Å². The molecule has 0 spiro atoms. The number of sulfone groups is 1. The zero-order chi connectivity index (χ0) is 19.6. The maximum absolute atomic E-state index is 13.0. The molecule has 2 saturated heterocycles. The number of carbonyl (C=O) groups is 1. The van der Waals surface area contributed by atoms with Crippen LogP contribution in [0.25, 0.3) is 0 Å². The van der Waals surface area contributed by atoms with E-state index in [0.29, 0.717) is 13.0 Å². The van der Waals surface area contributed by atoms with Gasteiger partial charge in [0, 0.05) is 18.3 Å². The van der Waals surface area contributed by atoms with Gasteiger partial charge >= 0.3 is 0 Å². The highest BCUT2D eigenvalue weighted by atomic mass is 32.2. The van der Waals surface area contributed by atoms with Crippen molar-refractivity contribution in [2.45, 2.75) is 32.4 Å². The second kappa shape index (κ2) is 8.06. The van der Waals surface area contributed by atoms with Gasteiger partial charge in [0.15, 0.2) is 15.9 Å². The van der Waals surface area contributed by atoms with Crippen molar-refractivity contribution in [1.29, 1.82) is 0 Å². The second-order valence-corrected chi connectivity index (χ2v) is 9.79. The van der Waals surface area contributed by atoms with E-state index < -0.39 is 9.84 Å². The van der Waals surface area contributed by atoms with Crippen molar-refractivity contribution in [2.75, 3.05) is 49.1 Å². The quantitative estimate of drug-likeness (QED) is 0.703. The van der Waals surface area contributed by atoms with Gasteiger partial charge in [0.05, 0.1) is 37.7 Å². The van der Waals surface area contributed by atoms with Crippen molar-refractivity contribution >= 4 is 21.4 Å². The van der Waals surface area contributed by atoms with Crippen LogP contribution in [0.15, 0.2) is 24.3 Å². The third kappa shape index (κ3) is 4.55. The van der Waals surface area contributed by atoms with Gasteiger partial charge in [-0.3, -0.25) is 4.79 Å². The summed E-state index contributed by atoms with van der Waals surface area (Å²) < 4.78 is 23.6. The van der Waals surface area contributed by atoms with Crippen LogP contribution in [0.3, 0.4) is 0 Å². The third-order valence-corrected chi connectivity index (χ3v) is 7.63.